The van der Waals surface area contributed by atoms with Crippen molar-refractivity contribution < 1.29 is 24.1 Å². The smallest absolute Gasteiger partial charge is 0.0620 e. The molecule has 0 aromatic heterocycles. The maximum Gasteiger partial charge on any atom is 2.00 e. The van der Waals surface area contributed by atoms with Crippen molar-refractivity contribution in [1.29, 1.82) is 0 Å². The second kappa shape index (κ2) is 23.2. The summed E-state index contributed by atoms with van der Waals surface area (Å²) in [5, 5.41) is 8.61. The minimum absolute atomic E-state index is 0. The van der Waals surface area contributed by atoms with Gasteiger partial charge in [-0.15, -0.1) is 12.6 Å². The third-order valence-corrected chi connectivity index (χ3v) is 13.0. The Kier molecular flexibility index (Phi) is 19.7. The maximum atomic E-state index is 7.50. The molecule has 0 radical (unpaired) electrons. The summed E-state index contributed by atoms with van der Waals surface area (Å²) in [6.07, 6.45) is 0. The predicted molar refractivity (Wildman–Crippen MR) is 212 cm³/mol. The summed E-state index contributed by atoms with van der Waals surface area (Å²) in [6.45, 7) is 4.50. The standard InChI is InChI=1S/2C18H15P.C3H7NS2.CO.Ru/c2*1-4-10-16(11-5-1)19(17-12-6-2-7-13-17)18-14-8-3-9-15-18;1-4(2)3(5)6;1-2;/h2*1-15H;1-2H3,(H,5,6);;/q;;;;+2/p+2. The van der Waals surface area contributed by atoms with Gasteiger partial charge in [-0.25, -0.2) is 0 Å². The van der Waals surface area contributed by atoms with Gasteiger partial charge in [0.2, 0.25) is 0 Å². The first-order chi connectivity index (χ1) is 22.5. The second-order valence-electron chi connectivity index (χ2n) is 10.1. The van der Waals surface area contributed by atoms with Gasteiger partial charge in [0.25, 0.3) is 0 Å². The van der Waals surface area contributed by atoms with Crippen LogP contribution in [0.5, 0.6) is 0 Å². The molecule has 7 heteroatoms. The molecule has 47 heavy (non-hydrogen) atoms. The first-order valence-electron chi connectivity index (χ1n) is 14.7. The number of hydrogen-bond acceptors (Lipinski definition) is 1. The third kappa shape index (κ3) is 13.4. The van der Waals surface area contributed by atoms with Crippen molar-refractivity contribution in [2.45, 2.75) is 0 Å². The van der Waals surface area contributed by atoms with Crippen LogP contribution in [0, 0.1) is 6.65 Å². The van der Waals surface area contributed by atoms with E-state index in [1.165, 1.54) is 31.8 Å². The topological polar surface area (TPSA) is 23.1 Å². The molecule has 6 aromatic rings. The minimum atomic E-state index is -0.877. The Morgan fingerprint density at radius 2 is 0.574 bits per heavy atom. The summed E-state index contributed by atoms with van der Waals surface area (Å²) in [4.78, 5) is 1.76. The summed E-state index contributed by atoms with van der Waals surface area (Å²) in [5.74, 6) is 0. The Morgan fingerprint density at radius 1 is 0.447 bits per heavy atom. The van der Waals surface area contributed by atoms with Gasteiger partial charge in [-0.05, 0) is 72.8 Å². The predicted octanol–water partition coefficient (Wildman–Crippen LogP) is 7.08. The number of thiocarbonyl (C=S) groups is 1. The van der Waals surface area contributed by atoms with Crippen LogP contribution in [-0.2, 0) is 24.1 Å². The Bertz CT molecular complexity index is 1390. The number of thiol groups is 1. The van der Waals surface area contributed by atoms with Crippen LogP contribution >= 0.6 is 40.7 Å². The van der Waals surface area contributed by atoms with Crippen LogP contribution in [0.1, 0.15) is 0 Å². The number of rotatable bonds is 6. The zero-order valence-corrected chi connectivity index (χ0v) is 31.8. The van der Waals surface area contributed by atoms with E-state index >= 15 is 0 Å². The summed E-state index contributed by atoms with van der Waals surface area (Å²) in [6, 6.07) is 65.0. The molecule has 0 bridgehead atoms. The van der Waals surface area contributed by atoms with Gasteiger partial charge >= 0.3 is 30.8 Å². The van der Waals surface area contributed by atoms with Gasteiger partial charge < -0.3 is 4.90 Å². The average molecular weight is 777 g/mol. The van der Waals surface area contributed by atoms with Gasteiger partial charge in [0.15, 0.2) is 0 Å². The van der Waals surface area contributed by atoms with E-state index in [-0.39, 0.29) is 19.5 Å². The Hall–Kier alpha value is -3.22. The van der Waals surface area contributed by atoms with Crippen molar-refractivity contribution in [2.75, 3.05) is 14.1 Å². The average Bonchev–Trinajstić information content (AvgIpc) is 3.13. The van der Waals surface area contributed by atoms with Crippen LogP contribution in [0.25, 0.3) is 0 Å². The van der Waals surface area contributed by atoms with Gasteiger partial charge in [0, 0.05) is 14.1 Å². The fourth-order valence-electron chi connectivity index (χ4n) is 4.63. The Labute approximate surface area is 306 Å². The molecule has 0 saturated heterocycles. The molecule has 0 aliphatic carbocycles. The fraction of sp³-hybridized carbons (Fsp3) is 0.0500. The molecule has 236 valence electrons. The zero-order valence-electron chi connectivity index (χ0n) is 26.4. The second-order valence-corrected chi connectivity index (χ2v) is 16.2. The molecule has 2 nitrogen and oxygen atoms in total. The van der Waals surface area contributed by atoms with Crippen LogP contribution in [-0.4, -0.2) is 23.3 Å². The number of hydrogen-bond donors (Lipinski definition) is 1. The van der Waals surface area contributed by atoms with Gasteiger partial charge in [-0.1, -0.05) is 121 Å². The van der Waals surface area contributed by atoms with Gasteiger partial charge in [0.1, 0.15) is 36.1 Å². The molecule has 0 heterocycles. The van der Waals surface area contributed by atoms with Crippen LogP contribution in [0.2, 0.25) is 0 Å². The van der Waals surface area contributed by atoms with E-state index in [2.05, 4.69) is 213 Å². The molecule has 0 unspecified atom stereocenters. The molecule has 0 aliphatic rings. The fourth-order valence-corrected chi connectivity index (χ4v) is 9.78. The molecule has 0 fully saturated rings. The van der Waals surface area contributed by atoms with Gasteiger partial charge in [0.05, 0.1) is 15.8 Å². The third-order valence-electron chi connectivity index (χ3n) is 6.76. The van der Waals surface area contributed by atoms with E-state index in [1.807, 2.05) is 14.1 Å². The monoisotopic (exact) mass is 777 g/mol. The zero-order chi connectivity index (χ0) is 33.0. The van der Waals surface area contributed by atoms with Crippen LogP contribution < -0.4 is 31.8 Å². The summed E-state index contributed by atoms with van der Waals surface area (Å²) >= 11 is 8.46. The normalized spacial score (nSPS) is 9.60. The van der Waals surface area contributed by atoms with E-state index in [0.29, 0.717) is 4.32 Å². The first-order valence-corrected chi connectivity index (χ1v) is 18.6. The Balaban J connectivity index is 0.000000263. The van der Waals surface area contributed by atoms with Gasteiger partial charge in [-0.2, -0.15) is 0 Å². The summed E-state index contributed by atoms with van der Waals surface area (Å²) < 4.78 is 8.12. The summed E-state index contributed by atoms with van der Waals surface area (Å²) in [7, 11) is 1.96. The quantitative estimate of drug-likeness (QED) is 0.0489. The Morgan fingerprint density at radius 3 is 0.681 bits per heavy atom. The van der Waals surface area contributed by atoms with Crippen LogP contribution in [0.4, 0.5) is 0 Å². The van der Waals surface area contributed by atoms with E-state index in [4.69, 9.17) is 4.65 Å². The summed E-state index contributed by atoms with van der Waals surface area (Å²) in [5.41, 5.74) is 0. The van der Waals surface area contributed by atoms with E-state index in [0.717, 1.165) is 0 Å². The van der Waals surface area contributed by atoms with Crippen molar-refractivity contribution in [3.8, 4) is 0 Å². The largest absolute Gasteiger partial charge is 2.00 e. The SMILES string of the molecule is CN(C)C(=S)S.[C-]#[O+].[Ru+2].c1ccc([PH+](c2ccccc2)c2ccccc2)cc1.c1ccc([PH+](c2ccccc2)c2ccccc2)cc1. The van der Waals surface area contributed by atoms with E-state index in [1.54, 1.807) is 4.90 Å². The molecule has 0 amide bonds. The molecule has 0 N–H and O–H groups in total. The minimum Gasteiger partial charge on any atom is -0.0620 e. The van der Waals surface area contributed by atoms with Crippen molar-refractivity contribution in [1.82, 2.24) is 4.90 Å². The van der Waals surface area contributed by atoms with Crippen LogP contribution in [0.3, 0.4) is 0 Å². The number of benzene rings is 6. The molecule has 0 atom stereocenters. The first kappa shape index (κ1) is 40.0. The molecule has 0 spiro atoms. The van der Waals surface area contributed by atoms with Crippen molar-refractivity contribution in [3.63, 3.8) is 0 Å². The maximum absolute atomic E-state index is 7.50. The molecular formula is C40H39NOP2RuS2+4. The molecule has 0 saturated carbocycles. The van der Waals surface area contributed by atoms with E-state index < -0.39 is 15.8 Å². The molecule has 6 rings (SSSR count). The number of nitrogens with zero attached hydrogens (tertiary/aromatic N) is 1. The van der Waals surface area contributed by atoms with Crippen LogP contribution in [0.15, 0.2) is 182 Å². The van der Waals surface area contributed by atoms with Gasteiger partial charge in [-0.3, -0.25) is 0 Å². The van der Waals surface area contributed by atoms with Crippen molar-refractivity contribution in [2.24, 2.45) is 0 Å². The molecule has 6 aromatic carbocycles. The van der Waals surface area contributed by atoms with Crippen molar-refractivity contribution >= 4 is 76.8 Å². The molecular weight excluding hydrogens is 738 g/mol. The van der Waals surface area contributed by atoms with E-state index in [9.17, 15) is 0 Å². The van der Waals surface area contributed by atoms with Crippen molar-refractivity contribution in [3.05, 3.63) is 189 Å². The molecule has 0 aliphatic heterocycles.